The van der Waals surface area contributed by atoms with Crippen LogP contribution >= 0.6 is 0 Å². The van der Waals surface area contributed by atoms with E-state index in [9.17, 15) is 9.59 Å². The zero-order valence-corrected chi connectivity index (χ0v) is 18.3. The Labute approximate surface area is 179 Å². The second-order valence-corrected chi connectivity index (χ2v) is 6.99. The van der Waals surface area contributed by atoms with E-state index in [0.29, 0.717) is 32.7 Å². The number of nitrogens with two attached hydrogens (primary N) is 1. The fourth-order valence-corrected chi connectivity index (χ4v) is 2.63. The van der Waals surface area contributed by atoms with Crippen molar-refractivity contribution in [2.24, 2.45) is 5.73 Å². The number of hydrogen-bond donors (Lipinski definition) is 3. The van der Waals surface area contributed by atoms with Gasteiger partial charge in [-0.25, -0.2) is 9.59 Å². The molecular formula is C21H37N5O4. The van der Waals surface area contributed by atoms with Crippen LogP contribution in [0.25, 0.3) is 0 Å². The third kappa shape index (κ3) is 12.2. The molecule has 2 amide bonds. The Morgan fingerprint density at radius 3 is 2.07 bits per heavy atom. The lowest BCUT2D eigenvalue weighted by Gasteiger charge is -2.25. The van der Waals surface area contributed by atoms with Crippen molar-refractivity contribution in [2.75, 3.05) is 45.9 Å². The molecule has 4 N–H and O–H groups in total. The number of aromatic nitrogens is 1. The molecule has 170 valence electrons. The molecule has 30 heavy (non-hydrogen) atoms. The minimum atomic E-state index is -0.427. The molecule has 0 radical (unpaired) electrons. The third-order valence-corrected chi connectivity index (χ3v) is 4.40. The number of unbranched alkanes of at least 4 members (excludes halogenated alkanes) is 2. The first-order chi connectivity index (χ1) is 14.6. The molecule has 9 heteroatoms. The Morgan fingerprint density at radius 1 is 1.03 bits per heavy atom. The predicted octanol–water partition coefficient (Wildman–Crippen LogP) is 2.44. The normalized spacial score (nSPS) is 11.7. The van der Waals surface area contributed by atoms with Crippen LogP contribution in [0, 0.1) is 0 Å². The Kier molecular flexibility index (Phi) is 14.0. The molecule has 1 unspecified atom stereocenters. The smallest absolute Gasteiger partial charge is 0.407 e. The van der Waals surface area contributed by atoms with E-state index >= 15 is 0 Å². The quantitative estimate of drug-likeness (QED) is 0.371. The van der Waals surface area contributed by atoms with Crippen LogP contribution in [-0.4, -0.2) is 68.0 Å². The number of rotatable bonds is 15. The molecule has 0 bridgehead atoms. The molecule has 9 nitrogen and oxygen atoms in total. The SMILES string of the molecule is CCCCNC(=O)OCCN(CCOC(=O)NCCCC)CC(N)c1ccccn1. The van der Waals surface area contributed by atoms with Crippen LogP contribution in [0.3, 0.4) is 0 Å². The van der Waals surface area contributed by atoms with Gasteiger partial charge in [0.25, 0.3) is 0 Å². The summed E-state index contributed by atoms with van der Waals surface area (Å²) in [5.41, 5.74) is 7.05. The molecule has 0 fully saturated rings. The summed E-state index contributed by atoms with van der Waals surface area (Å²) in [6.45, 7) is 7.20. The Bertz CT molecular complexity index is 560. The number of amides is 2. The van der Waals surface area contributed by atoms with Gasteiger partial charge in [-0.05, 0) is 25.0 Å². The highest BCUT2D eigenvalue weighted by Gasteiger charge is 2.15. The van der Waals surface area contributed by atoms with Crippen LogP contribution in [0.1, 0.15) is 51.3 Å². The fourth-order valence-electron chi connectivity index (χ4n) is 2.63. The van der Waals surface area contributed by atoms with E-state index in [1.54, 1.807) is 6.20 Å². The lowest BCUT2D eigenvalue weighted by Crippen LogP contribution is -2.39. The van der Waals surface area contributed by atoms with Crippen molar-refractivity contribution in [3.63, 3.8) is 0 Å². The van der Waals surface area contributed by atoms with Crippen LogP contribution in [0.2, 0.25) is 0 Å². The van der Waals surface area contributed by atoms with Crippen LogP contribution in [0.5, 0.6) is 0 Å². The predicted molar refractivity (Wildman–Crippen MR) is 116 cm³/mol. The molecule has 0 aliphatic carbocycles. The van der Waals surface area contributed by atoms with E-state index < -0.39 is 12.2 Å². The number of carbonyl (C=O) groups is 2. The average Bonchev–Trinajstić information content (AvgIpc) is 2.74. The molecular weight excluding hydrogens is 386 g/mol. The lowest BCUT2D eigenvalue weighted by molar-refractivity contribution is 0.104. The van der Waals surface area contributed by atoms with Crippen molar-refractivity contribution in [3.05, 3.63) is 30.1 Å². The minimum Gasteiger partial charge on any atom is -0.448 e. The van der Waals surface area contributed by atoms with Crippen LogP contribution in [0.15, 0.2) is 24.4 Å². The zero-order chi connectivity index (χ0) is 22.0. The van der Waals surface area contributed by atoms with Gasteiger partial charge in [0.15, 0.2) is 0 Å². The van der Waals surface area contributed by atoms with Crippen molar-refractivity contribution >= 4 is 12.2 Å². The summed E-state index contributed by atoms with van der Waals surface area (Å²) in [7, 11) is 0. The summed E-state index contributed by atoms with van der Waals surface area (Å²) in [5.74, 6) is 0. The van der Waals surface area contributed by atoms with Crippen molar-refractivity contribution in [1.82, 2.24) is 20.5 Å². The third-order valence-electron chi connectivity index (χ3n) is 4.40. The van der Waals surface area contributed by atoms with E-state index in [1.165, 1.54) is 0 Å². The molecule has 0 saturated carbocycles. The standard InChI is InChI=1S/C21H37N5O4/c1-3-5-10-24-20(27)29-15-13-26(14-16-30-21(28)25-11-6-4-2)17-18(22)19-9-7-8-12-23-19/h7-9,12,18H,3-6,10-11,13-17,22H2,1-2H3,(H,24,27)(H,25,28). The van der Waals surface area contributed by atoms with Crippen LogP contribution in [0.4, 0.5) is 9.59 Å². The monoisotopic (exact) mass is 423 g/mol. The Hall–Kier alpha value is -2.39. The molecule has 0 aromatic carbocycles. The van der Waals surface area contributed by atoms with Gasteiger partial charge in [0, 0.05) is 38.9 Å². The number of hydrogen-bond acceptors (Lipinski definition) is 7. The molecule has 0 aliphatic rings. The van der Waals surface area contributed by atoms with Gasteiger partial charge in [-0.2, -0.15) is 0 Å². The summed E-state index contributed by atoms with van der Waals surface area (Å²) in [6, 6.07) is 5.30. The van der Waals surface area contributed by atoms with Gasteiger partial charge >= 0.3 is 12.2 Å². The molecule has 1 aromatic rings. The first-order valence-corrected chi connectivity index (χ1v) is 10.8. The van der Waals surface area contributed by atoms with E-state index in [2.05, 4.69) is 29.5 Å². The van der Waals surface area contributed by atoms with E-state index in [-0.39, 0.29) is 19.3 Å². The van der Waals surface area contributed by atoms with Gasteiger partial charge in [-0.3, -0.25) is 9.88 Å². The van der Waals surface area contributed by atoms with Gasteiger partial charge in [-0.15, -0.1) is 0 Å². The summed E-state index contributed by atoms with van der Waals surface area (Å²) in [5, 5.41) is 5.43. The van der Waals surface area contributed by atoms with Gasteiger partial charge < -0.3 is 25.8 Å². The van der Waals surface area contributed by atoms with Gasteiger partial charge in [0.05, 0.1) is 11.7 Å². The molecule has 0 aliphatic heterocycles. The van der Waals surface area contributed by atoms with E-state index in [0.717, 1.165) is 31.4 Å². The highest BCUT2D eigenvalue weighted by atomic mass is 16.6. The van der Waals surface area contributed by atoms with Crippen molar-refractivity contribution < 1.29 is 19.1 Å². The first-order valence-electron chi connectivity index (χ1n) is 10.8. The van der Waals surface area contributed by atoms with Gasteiger partial charge in [0.2, 0.25) is 0 Å². The van der Waals surface area contributed by atoms with Crippen LogP contribution < -0.4 is 16.4 Å². The summed E-state index contributed by atoms with van der Waals surface area (Å²) >= 11 is 0. The van der Waals surface area contributed by atoms with E-state index in [1.807, 2.05) is 23.1 Å². The molecule has 1 atom stereocenters. The zero-order valence-electron chi connectivity index (χ0n) is 18.3. The second kappa shape index (κ2) is 16.4. The number of pyridine rings is 1. The average molecular weight is 424 g/mol. The first kappa shape index (κ1) is 25.6. The summed E-state index contributed by atoms with van der Waals surface area (Å²) < 4.78 is 10.5. The molecule has 1 heterocycles. The maximum atomic E-state index is 11.7. The maximum absolute atomic E-state index is 11.7. The maximum Gasteiger partial charge on any atom is 0.407 e. The number of ether oxygens (including phenoxy) is 2. The Morgan fingerprint density at radius 2 is 1.60 bits per heavy atom. The fraction of sp³-hybridized carbons (Fsp3) is 0.667. The van der Waals surface area contributed by atoms with Crippen molar-refractivity contribution in [1.29, 1.82) is 0 Å². The minimum absolute atomic E-state index is 0.218. The molecule has 0 spiro atoms. The molecule has 0 saturated heterocycles. The van der Waals surface area contributed by atoms with Crippen LogP contribution in [-0.2, 0) is 9.47 Å². The highest BCUT2D eigenvalue weighted by Crippen LogP contribution is 2.08. The second-order valence-electron chi connectivity index (χ2n) is 6.99. The van der Waals surface area contributed by atoms with Gasteiger partial charge in [0.1, 0.15) is 13.2 Å². The number of nitrogens with one attached hydrogen (secondary N) is 2. The van der Waals surface area contributed by atoms with Crippen molar-refractivity contribution in [3.8, 4) is 0 Å². The van der Waals surface area contributed by atoms with Crippen molar-refractivity contribution in [2.45, 2.75) is 45.6 Å². The molecule has 1 rings (SSSR count). The lowest BCUT2D eigenvalue weighted by atomic mass is 10.2. The number of nitrogens with zero attached hydrogens (tertiary/aromatic N) is 2. The van der Waals surface area contributed by atoms with Gasteiger partial charge in [-0.1, -0.05) is 32.8 Å². The number of carbonyl (C=O) groups excluding carboxylic acids is 2. The number of alkyl carbamates (subject to hydrolysis) is 2. The highest BCUT2D eigenvalue weighted by molar-refractivity contribution is 5.67. The van der Waals surface area contributed by atoms with E-state index in [4.69, 9.17) is 15.2 Å². The Balaban J connectivity index is 2.45. The largest absolute Gasteiger partial charge is 0.448 e. The summed E-state index contributed by atoms with van der Waals surface area (Å²) in [6.07, 6.45) is 4.69. The molecule has 1 aromatic heterocycles. The summed E-state index contributed by atoms with van der Waals surface area (Å²) in [4.78, 5) is 29.7. The topological polar surface area (TPSA) is 119 Å².